The number of hydrogen-bond acceptors (Lipinski definition) is 3. The van der Waals surface area contributed by atoms with Crippen molar-refractivity contribution in [1.82, 2.24) is 14.8 Å². The molecule has 1 aliphatic heterocycles. The van der Waals surface area contributed by atoms with E-state index >= 15 is 0 Å². The molecule has 1 aromatic carbocycles. The summed E-state index contributed by atoms with van der Waals surface area (Å²) in [4.78, 5) is 32.1. The van der Waals surface area contributed by atoms with Gasteiger partial charge >= 0.3 is 0 Å². The average Bonchev–Trinajstić information content (AvgIpc) is 2.73. The number of pyridine rings is 1. The highest BCUT2D eigenvalue weighted by molar-refractivity contribution is 5.95. The fourth-order valence-electron chi connectivity index (χ4n) is 4.58. The van der Waals surface area contributed by atoms with E-state index < -0.39 is 0 Å². The van der Waals surface area contributed by atoms with Crippen molar-refractivity contribution in [2.45, 2.75) is 45.1 Å². The molecule has 0 bridgehead atoms. The minimum atomic E-state index is -0.150. The lowest BCUT2D eigenvalue weighted by atomic mass is 9.87. The fourth-order valence-corrected chi connectivity index (χ4v) is 4.58. The van der Waals surface area contributed by atoms with Gasteiger partial charge in [-0.1, -0.05) is 38.1 Å². The lowest BCUT2D eigenvalue weighted by Gasteiger charge is -2.41. The van der Waals surface area contributed by atoms with E-state index in [1.165, 1.54) is 23.6 Å². The molecule has 1 N–H and O–H groups in total. The van der Waals surface area contributed by atoms with Crippen LogP contribution >= 0.6 is 0 Å². The molecule has 0 saturated carbocycles. The van der Waals surface area contributed by atoms with E-state index in [1.54, 1.807) is 6.07 Å². The standard InChI is InChI=1S/C23H29N3O2/c1-16(2)22-20(9-10-21(27)24-22)23(28)26-13-11-25(12-14-26)19-8-7-17-5-3-4-6-18(17)15-19/h3-6,9-10,16,19H,7-8,11-15H2,1-2H3,(H,24,27). The number of carbonyl (C=O) groups excluding carboxylic acids is 1. The Hall–Kier alpha value is -2.40. The molecule has 4 rings (SSSR count). The van der Waals surface area contributed by atoms with Crippen LogP contribution < -0.4 is 5.56 Å². The van der Waals surface area contributed by atoms with Crippen LogP contribution in [0.5, 0.6) is 0 Å². The monoisotopic (exact) mass is 379 g/mol. The van der Waals surface area contributed by atoms with Gasteiger partial charge in [-0.3, -0.25) is 14.5 Å². The van der Waals surface area contributed by atoms with Crippen molar-refractivity contribution < 1.29 is 4.79 Å². The molecule has 1 atom stereocenters. The van der Waals surface area contributed by atoms with Crippen molar-refractivity contribution in [3.63, 3.8) is 0 Å². The highest BCUT2D eigenvalue weighted by Crippen LogP contribution is 2.26. The van der Waals surface area contributed by atoms with Gasteiger partial charge in [-0.05, 0) is 42.4 Å². The normalized spacial score (nSPS) is 20.2. The molecule has 5 nitrogen and oxygen atoms in total. The van der Waals surface area contributed by atoms with Crippen LogP contribution in [0.4, 0.5) is 0 Å². The van der Waals surface area contributed by atoms with Crippen LogP contribution in [0.25, 0.3) is 0 Å². The molecule has 2 aromatic rings. The van der Waals surface area contributed by atoms with Gasteiger partial charge in [0.15, 0.2) is 0 Å². The van der Waals surface area contributed by atoms with Crippen molar-refractivity contribution >= 4 is 5.91 Å². The zero-order chi connectivity index (χ0) is 19.7. The lowest BCUT2D eigenvalue weighted by Crippen LogP contribution is -2.53. The average molecular weight is 380 g/mol. The Morgan fingerprint density at radius 3 is 2.46 bits per heavy atom. The number of piperazine rings is 1. The minimum absolute atomic E-state index is 0.0357. The zero-order valence-corrected chi connectivity index (χ0v) is 16.8. The second-order valence-corrected chi connectivity index (χ2v) is 8.30. The number of rotatable bonds is 3. The summed E-state index contributed by atoms with van der Waals surface area (Å²) in [5.41, 5.74) is 4.19. The maximum absolute atomic E-state index is 13.1. The third-order valence-electron chi connectivity index (χ3n) is 6.20. The molecule has 1 aromatic heterocycles. The van der Waals surface area contributed by atoms with Crippen LogP contribution in [0, 0.1) is 0 Å². The van der Waals surface area contributed by atoms with Gasteiger partial charge in [-0.15, -0.1) is 0 Å². The number of hydrogen-bond donors (Lipinski definition) is 1. The van der Waals surface area contributed by atoms with Gasteiger partial charge < -0.3 is 9.88 Å². The van der Waals surface area contributed by atoms with Gasteiger partial charge in [0.1, 0.15) is 0 Å². The SMILES string of the molecule is CC(C)c1[nH]c(=O)ccc1C(=O)N1CCN(C2CCc3ccccc3C2)CC1. The first kappa shape index (κ1) is 18.9. The predicted octanol–water partition coefficient (Wildman–Crippen LogP) is 2.81. The first-order valence-electron chi connectivity index (χ1n) is 10.4. The first-order valence-corrected chi connectivity index (χ1v) is 10.4. The molecule has 2 heterocycles. The minimum Gasteiger partial charge on any atom is -0.336 e. The van der Waals surface area contributed by atoms with Gasteiger partial charge in [0, 0.05) is 44.0 Å². The van der Waals surface area contributed by atoms with Crippen molar-refractivity contribution in [2.75, 3.05) is 26.2 Å². The van der Waals surface area contributed by atoms with Gasteiger partial charge in [-0.2, -0.15) is 0 Å². The van der Waals surface area contributed by atoms with Crippen LogP contribution in [0.1, 0.15) is 53.4 Å². The van der Waals surface area contributed by atoms with Crippen molar-refractivity contribution in [1.29, 1.82) is 0 Å². The van der Waals surface area contributed by atoms with Crippen molar-refractivity contribution in [3.05, 3.63) is 69.1 Å². The van der Waals surface area contributed by atoms with E-state index in [0.717, 1.165) is 44.7 Å². The maximum atomic E-state index is 13.1. The Labute approximate surface area is 166 Å². The van der Waals surface area contributed by atoms with Crippen molar-refractivity contribution in [2.24, 2.45) is 0 Å². The molecular formula is C23H29N3O2. The Morgan fingerprint density at radius 2 is 1.75 bits per heavy atom. The summed E-state index contributed by atoms with van der Waals surface area (Å²) in [7, 11) is 0. The second kappa shape index (κ2) is 7.92. The number of nitrogens with zero attached hydrogens (tertiary/aromatic N) is 2. The summed E-state index contributed by atoms with van der Waals surface area (Å²) in [6.07, 6.45) is 3.46. The number of nitrogens with one attached hydrogen (secondary N) is 1. The number of H-pyrrole nitrogens is 1. The number of amides is 1. The van der Waals surface area contributed by atoms with E-state index in [4.69, 9.17) is 0 Å². The third-order valence-corrected chi connectivity index (χ3v) is 6.20. The van der Waals surface area contributed by atoms with E-state index in [1.807, 2.05) is 18.7 Å². The number of fused-ring (bicyclic) bond motifs is 1. The topological polar surface area (TPSA) is 56.4 Å². The molecule has 1 saturated heterocycles. The molecule has 1 aliphatic carbocycles. The Balaban J connectivity index is 1.41. The maximum Gasteiger partial charge on any atom is 0.255 e. The van der Waals surface area contributed by atoms with Crippen LogP contribution in [0.2, 0.25) is 0 Å². The predicted molar refractivity (Wildman–Crippen MR) is 111 cm³/mol. The Morgan fingerprint density at radius 1 is 1.04 bits per heavy atom. The molecule has 28 heavy (non-hydrogen) atoms. The van der Waals surface area contributed by atoms with Crippen LogP contribution in [-0.4, -0.2) is 52.9 Å². The highest BCUT2D eigenvalue weighted by atomic mass is 16.2. The van der Waals surface area contributed by atoms with E-state index in [-0.39, 0.29) is 17.4 Å². The molecule has 0 radical (unpaired) electrons. The molecule has 1 fully saturated rings. The zero-order valence-electron chi connectivity index (χ0n) is 16.8. The summed E-state index contributed by atoms with van der Waals surface area (Å²) in [6.45, 7) is 7.32. The number of benzene rings is 1. The quantitative estimate of drug-likeness (QED) is 0.892. The van der Waals surface area contributed by atoms with Gasteiger partial charge in [0.2, 0.25) is 5.56 Å². The number of aromatic amines is 1. The highest BCUT2D eigenvalue weighted by Gasteiger charge is 2.29. The molecule has 148 valence electrons. The van der Waals surface area contributed by atoms with Crippen LogP contribution in [-0.2, 0) is 12.8 Å². The summed E-state index contributed by atoms with van der Waals surface area (Å²) in [6, 6.07) is 12.5. The van der Waals surface area contributed by atoms with Crippen LogP contribution in [0.15, 0.2) is 41.2 Å². The Kier molecular flexibility index (Phi) is 5.36. The van der Waals surface area contributed by atoms with E-state index in [9.17, 15) is 9.59 Å². The number of aryl methyl sites for hydroxylation is 1. The number of aromatic nitrogens is 1. The third kappa shape index (κ3) is 3.76. The molecule has 0 spiro atoms. The summed E-state index contributed by atoms with van der Waals surface area (Å²) < 4.78 is 0. The lowest BCUT2D eigenvalue weighted by molar-refractivity contribution is 0.0551. The molecule has 5 heteroatoms. The van der Waals surface area contributed by atoms with Crippen molar-refractivity contribution in [3.8, 4) is 0 Å². The summed E-state index contributed by atoms with van der Waals surface area (Å²) in [5.74, 6) is 0.144. The smallest absolute Gasteiger partial charge is 0.255 e. The van der Waals surface area contributed by atoms with Gasteiger partial charge in [0.05, 0.1) is 5.56 Å². The molecule has 2 aliphatic rings. The first-order chi connectivity index (χ1) is 13.5. The second-order valence-electron chi connectivity index (χ2n) is 8.30. The molecule has 1 amide bonds. The fraction of sp³-hybridized carbons (Fsp3) is 0.478. The van der Waals surface area contributed by atoms with Crippen LogP contribution in [0.3, 0.4) is 0 Å². The molecular weight excluding hydrogens is 350 g/mol. The largest absolute Gasteiger partial charge is 0.336 e. The van der Waals surface area contributed by atoms with Gasteiger partial charge in [0.25, 0.3) is 5.91 Å². The van der Waals surface area contributed by atoms with E-state index in [2.05, 4.69) is 34.1 Å². The number of carbonyl (C=O) groups is 1. The van der Waals surface area contributed by atoms with Gasteiger partial charge in [-0.25, -0.2) is 0 Å². The summed E-state index contributed by atoms with van der Waals surface area (Å²) >= 11 is 0. The van der Waals surface area contributed by atoms with E-state index in [0.29, 0.717) is 11.6 Å². The molecule has 1 unspecified atom stereocenters. The summed E-state index contributed by atoms with van der Waals surface area (Å²) in [5, 5.41) is 0. The Bertz CT molecular complexity index is 910.